The number of nitrogens with zero attached hydrogens (tertiary/aromatic N) is 6. The number of carbonyl (C=O) groups is 1. The first-order chi connectivity index (χ1) is 18.3. The minimum atomic E-state index is -0.213. The number of hydrogen-bond acceptors (Lipinski definition) is 6. The molecular formula is C27H25Cl2N7O2. The predicted octanol–water partition coefficient (Wildman–Crippen LogP) is 5.44. The number of hydrogen-bond donors (Lipinski definition) is 1. The highest BCUT2D eigenvalue weighted by atomic mass is 35.5. The highest BCUT2D eigenvalue weighted by Gasteiger charge is 2.29. The van der Waals surface area contributed by atoms with Crippen molar-refractivity contribution in [2.45, 2.75) is 33.2 Å². The molecule has 0 radical (unpaired) electrons. The molecule has 1 aliphatic heterocycles. The molecule has 6 rings (SSSR count). The molecule has 1 atom stereocenters. The summed E-state index contributed by atoms with van der Waals surface area (Å²) in [6, 6.07) is 11.3. The molecule has 1 N–H and O–H groups in total. The number of carbonyl (C=O) groups excluding carboxylic acids is 1. The minimum Gasteiger partial charge on any atom is -0.366 e. The van der Waals surface area contributed by atoms with E-state index in [4.69, 9.17) is 27.7 Å². The van der Waals surface area contributed by atoms with Gasteiger partial charge in [0.05, 0.1) is 26.7 Å². The van der Waals surface area contributed by atoms with Gasteiger partial charge < -0.3 is 14.7 Å². The molecule has 3 aromatic heterocycles. The second-order valence-corrected chi connectivity index (χ2v) is 10.4. The normalized spacial score (nSPS) is 15.5. The number of amides is 1. The van der Waals surface area contributed by atoms with Crippen LogP contribution in [0.2, 0.25) is 10.0 Å². The van der Waals surface area contributed by atoms with Crippen LogP contribution in [0, 0.1) is 20.8 Å². The minimum absolute atomic E-state index is 0.0570. The van der Waals surface area contributed by atoms with Gasteiger partial charge in [-0.05, 0) is 69.2 Å². The van der Waals surface area contributed by atoms with E-state index in [1.165, 1.54) is 0 Å². The Morgan fingerprint density at radius 2 is 1.79 bits per heavy atom. The maximum atomic E-state index is 13.1. The molecule has 194 valence electrons. The van der Waals surface area contributed by atoms with Gasteiger partial charge in [0.15, 0.2) is 11.4 Å². The Bertz CT molecular complexity index is 1650. The number of anilines is 1. The Labute approximate surface area is 228 Å². The summed E-state index contributed by atoms with van der Waals surface area (Å²) >= 11 is 13.2. The molecule has 0 saturated carbocycles. The Kier molecular flexibility index (Phi) is 6.12. The summed E-state index contributed by atoms with van der Waals surface area (Å²) in [6.07, 6.45) is 3.93. The van der Waals surface area contributed by atoms with E-state index in [0.717, 1.165) is 46.7 Å². The van der Waals surface area contributed by atoms with Gasteiger partial charge in [-0.15, -0.1) is 10.2 Å². The van der Waals surface area contributed by atoms with E-state index < -0.39 is 0 Å². The quantitative estimate of drug-likeness (QED) is 0.313. The van der Waals surface area contributed by atoms with Crippen LogP contribution in [0.4, 0.5) is 5.69 Å². The van der Waals surface area contributed by atoms with Crippen molar-refractivity contribution < 1.29 is 9.32 Å². The molecular weight excluding hydrogens is 525 g/mol. The van der Waals surface area contributed by atoms with Gasteiger partial charge in [0.2, 0.25) is 0 Å². The topological polar surface area (TPSA) is 94.0 Å². The van der Waals surface area contributed by atoms with E-state index in [9.17, 15) is 4.79 Å². The van der Waals surface area contributed by atoms with E-state index in [2.05, 4.69) is 25.6 Å². The number of rotatable bonds is 5. The fraction of sp³-hybridized carbons (Fsp3) is 0.259. The van der Waals surface area contributed by atoms with Crippen molar-refractivity contribution in [3.05, 3.63) is 81.6 Å². The number of aryl methyl sites for hydroxylation is 3. The van der Waals surface area contributed by atoms with Crippen molar-refractivity contribution in [1.29, 1.82) is 0 Å². The Hall–Kier alpha value is -3.82. The molecule has 1 amide bonds. The van der Waals surface area contributed by atoms with E-state index in [1.807, 2.05) is 49.6 Å². The lowest BCUT2D eigenvalue weighted by Crippen LogP contribution is -2.37. The molecule has 9 nitrogen and oxygen atoms in total. The third-order valence-corrected chi connectivity index (χ3v) is 7.89. The molecule has 0 aliphatic carbocycles. The maximum absolute atomic E-state index is 13.1. The van der Waals surface area contributed by atoms with Crippen molar-refractivity contribution >= 4 is 45.8 Å². The van der Waals surface area contributed by atoms with Gasteiger partial charge in [0.25, 0.3) is 5.91 Å². The van der Waals surface area contributed by atoms with Crippen LogP contribution in [0.25, 0.3) is 22.5 Å². The van der Waals surface area contributed by atoms with Gasteiger partial charge in [0.1, 0.15) is 12.7 Å². The Morgan fingerprint density at radius 3 is 2.50 bits per heavy atom. The van der Waals surface area contributed by atoms with Gasteiger partial charge in [-0.2, -0.15) is 0 Å². The van der Waals surface area contributed by atoms with Crippen LogP contribution in [0.5, 0.6) is 0 Å². The molecule has 1 aliphatic rings. The van der Waals surface area contributed by atoms with Crippen LogP contribution in [-0.2, 0) is 0 Å². The highest BCUT2D eigenvalue weighted by Crippen LogP contribution is 2.40. The first kappa shape index (κ1) is 24.5. The van der Waals surface area contributed by atoms with Crippen LogP contribution in [0.15, 0.2) is 53.6 Å². The summed E-state index contributed by atoms with van der Waals surface area (Å²) in [4.78, 5) is 15.3. The lowest BCUT2D eigenvalue weighted by Gasteiger charge is -2.20. The van der Waals surface area contributed by atoms with Crippen molar-refractivity contribution in [3.63, 3.8) is 0 Å². The summed E-state index contributed by atoms with van der Waals surface area (Å²) < 4.78 is 9.67. The molecule has 4 heterocycles. The smallest absolute Gasteiger partial charge is 0.253 e. The maximum Gasteiger partial charge on any atom is 0.253 e. The van der Waals surface area contributed by atoms with Crippen LogP contribution >= 0.6 is 23.2 Å². The number of fused-ring (bicyclic) bond motifs is 1. The summed E-state index contributed by atoms with van der Waals surface area (Å²) in [5.41, 5.74) is 5.79. The number of halogens is 2. The number of nitrogens with one attached hydrogen (secondary N) is 1. The van der Waals surface area contributed by atoms with Crippen molar-refractivity contribution in [1.82, 2.24) is 29.8 Å². The van der Waals surface area contributed by atoms with Gasteiger partial charge in [-0.25, -0.2) is 0 Å². The zero-order chi connectivity index (χ0) is 26.6. The molecule has 5 aromatic rings. The molecule has 0 bridgehead atoms. The summed E-state index contributed by atoms with van der Waals surface area (Å²) in [5.74, 6) is 0.471. The molecule has 1 fully saturated rings. The fourth-order valence-electron chi connectivity index (χ4n) is 5.12. The Balaban J connectivity index is 1.24. The monoisotopic (exact) mass is 549 g/mol. The predicted molar refractivity (Wildman–Crippen MR) is 147 cm³/mol. The lowest BCUT2D eigenvalue weighted by atomic mass is 10.1. The van der Waals surface area contributed by atoms with Crippen LogP contribution in [0.1, 0.15) is 33.7 Å². The van der Waals surface area contributed by atoms with Crippen LogP contribution in [-0.4, -0.2) is 49.5 Å². The van der Waals surface area contributed by atoms with E-state index >= 15 is 0 Å². The lowest BCUT2D eigenvalue weighted by molar-refractivity contribution is 0.0940. The van der Waals surface area contributed by atoms with Gasteiger partial charge in [-0.3, -0.25) is 13.9 Å². The number of benzene rings is 2. The third-order valence-electron chi connectivity index (χ3n) is 7.09. The second-order valence-electron chi connectivity index (χ2n) is 9.63. The van der Waals surface area contributed by atoms with E-state index in [1.54, 1.807) is 29.4 Å². The third kappa shape index (κ3) is 4.12. The molecule has 38 heavy (non-hydrogen) atoms. The molecule has 1 unspecified atom stereocenters. The first-order valence-corrected chi connectivity index (χ1v) is 13.0. The zero-order valence-corrected chi connectivity index (χ0v) is 22.6. The average molecular weight is 550 g/mol. The van der Waals surface area contributed by atoms with E-state index in [-0.39, 0.29) is 11.9 Å². The fourth-order valence-corrected chi connectivity index (χ4v) is 5.60. The van der Waals surface area contributed by atoms with Crippen molar-refractivity contribution in [2.75, 3.05) is 18.0 Å². The standard InChI is InChI=1S/C27H25Cl2N7O2/c1-15-10-22(25-23(24(15)29)26(33-38-25)36-16(2)4-5-17(36)3)34-9-8-18(12-34)32-27(37)20-7-6-19(11-21(20)28)35-13-30-31-14-35/h4-7,10-11,13-14,18H,8-9,12H2,1-3H3,(H,32,37). The van der Waals surface area contributed by atoms with Gasteiger partial charge in [0, 0.05) is 36.2 Å². The Morgan fingerprint density at radius 1 is 1.05 bits per heavy atom. The molecule has 2 aromatic carbocycles. The molecule has 0 spiro atoms. The van der Waals surface area contributed by atoms with Crippen molar-refractivity contribution in [2.24, 2.45) is 0 Å². The van der Waals surface area contributed by atoms with Gasteiger partial charge in [-0.1, -0.05) is 28.4 Å². The van der Waals surface area contributed by atoms with Crippen LogP contribution < -0.4 is 10.2 Å². The average Bonchev–Trinajstić information content (AvgIpc) is 3.69. The molecule has 11 heteroatoms. The highest BCUT2D eigenvalue weighted by molar-refractivity contribution is 6.37. The summed E-state index contributed by atoms with van der Waals surface area (Å²) in [5, 5.41) is 16.9. The zero-order valence-electron chi connectivity index (χ0n) is 21.1. The summed E-state index contributed by atoms with van der Waals surface area (Å²) in [7, 11) is 0. The van der Waals surface area contributed by atoms with E-state index in [0.29, 0.717) is 33.6 Å². The number of aromatic nitrogens is 5. The van der Waals surface area contributed by atoms with Crippen molar-refractivity contribution in [3.8, 4) is 11.5 Å². The molecule has 1 saturated heterocycles. The largest absolute Gasteiger partial charge is 0.366 e. The second kappa shape index (κ2) is 9.49. The summed E-state index contributed by atoms with van der Waals surface area (Å²) in [6.45, 7) is 7.41. The first-order valence-electron chi connectivity index (χ1n) is 12.3. The van der Waals surface area contributed by atoms with Crippen LogP contribution in [0.3, 0.4) is 0 Å². The van der Waals surface area contributed by atoms with Gasteiger partial charge >= 0.3 is 0 Å². The SMILES string of the molecule is Cc1cc(N2CCC(NC(=O)c3ccc(-n4cnnc4)cc3Cl)C2)c2onc(-n3c(C)ccc3C)c2c1Cl.